The molecule has 1 aliphatic heterocycles. The van der Waals surface area contributed by atoms with E-state index in [1.54, 1.807) is 0 Å². The van der Waals surface area contributed by atoms with E-state index >= 15 is 0 Å². The molecule has 2 aromatic carbocycles. The van der Waals surface area contributed by atoms with E-state index < -0.39 is 5.82 Å². The smallest absolute Gasteiger partial charge is 0.128 e. The topological polar surface area (TPSA) is 15.3 Å². The van der Waals surface area contributed by atoms with Crippen molar-refractivity contribution in [3.63, 3.8) is 0 Å². The number of hydrogen-bond donors (Lipinski definition) is 1. The van der Waals surface area contributed by atoms with Gasteiger partial charge in [0, 0.05) is 36.9 Å². The summed E-state index contributed by atoms with van der Waals surface area (Å²) in [5.41, 5.74) is 2.65. The molecule has 0 radical (unpaired) electrons. The van der Waals surface area contributed by atoms with E-state index in [1.165, 1.54) is 17.7 Å². The number of rotatable bonds is 2. The maximum absolute atomic E-state index is 13.9. The first-order valence-electron chi connectivity index (χ1n) is 7.13. The highest BCUT2D eigenvalue weighted by Gasteiger charge is 2.19. The van der Waals surface area contributed by atoms with Crippen molar-refractivity contribution in [3.8, 4) is 0 Å². The van der Waals surface area contributed by atoms with Gasteiger partial charge in [-0.15, -0.1) is 0 Å². The first-order valence-corrected chi connectivity index (χ1v) is 7.13. The van der Waals surface area contributed by atoms with Crippen LogP contribution >= 0.6 is 0 Å². The highest BCUT2D eigenvalue weighted by Crippen LogP contribution is 2.25. The van der Waals surface area contributed by atoms with Crippen LogP contribution in [0.25, 0.3) is 0 Å². The van der Waals surface area contributed by atoms with Gasteiger partial charge < -0.3 is 10.2 Å². The number of hydrogen-bond acceptors (Lipinski definition) is 2. The Kier molecular flexibility index (Phi) is 3.88. The van der Waals surface area contributed by atoms with Crippen LogP contribution in [0.4, 0.5) is 14.5 Å². The van der Waals surface area contributed by atoms with Gasteiger partial charge in [0.05, 0.1) is 0 Å². The van der Waals surface area contributed by atoms with Crippen LogP contribution in [-0.2, 0) is 13.1 Å². The van der Waals surface area contributed by atoms with E-state index in [2.05, 4.69) is 23.2 Å². The monoisotopic (exact) mass is 288 g/mol. The normalized spacial score (nSPS) is 18.2. The van der Waals surface area contributed by atoms with Crippen LogP contribution in [0.1, 0.15) is 18.1 Å². The summed E-state index contributed by atoms with van der Waals surface area (Å²) in [5.74, 6) is -0.764. The highest BCUT2D eigenvalue weighted by molar-refractivity contribution is 5.55. The van der Waals surface area contributed by atoms with Crippen molar-refractivity contribution in [2.45, 2.75) is 26.1 Å². The second-order valence-electron chi connectivity index (χ2n) is 5.53. The summed E-state index contributed by atoms with van der Waals surface area (Å²) in [6, 6.07) is 12.0. The predicted octanol–water partition coefficient (Wildman–Crippen LogP) is 3.46. The Bertz CT molecular complexity index is 642. The minimum Gasteiger partial charge on any atom is -0.365 e. The Balaban J connectivity index is 1.94. The molecule has 3 rings (SSSR count). The number of anilines is 1. The minimum absolute atomic E-state index is 0.286. The van der Waals surface area contributed by atoms with Gasteiger partial charge in [0.1, 0.15) is 11.6 Å². The first-order chi connectivity index (χ1) is 10.1. The van der Waals surface area contributed by atoms with Crippen LogP contribution in [0, 0.1) is 11.6 Å². The molecule has 2 nitrogen and oxygen atoms in total. The van der Waals surface area contributed by atoms with E-state index in [9.17, 15) is 8.78 Å². The molecule has 0 spiro atoms. The number of para-hydroxylation sites is 1. The van der Waals surface area contributed by atoms with Crippen LogP contribution in [0.3, 0.4) is 0 Å². The third-order valence-corrected chi connectivity index (χ3v) is 3.84. The zero-order chi connectivity index (χ0) is 14.8. The van der Waals surface area contributed by atoms with E-state index in [4.69, 9.17) is 0 Å². The molecule has 21 heavy (non-hydrogen) atoms. The molecule has 2 aromatic rings. The molecule has 0 aliphatic carbocycles. The number of nitrogens with one attached hydrogen (secondary N) is 1. The Labute approximate surface area is 123 Å². The second kappa shape index (κ2) is 5.82. The van der Waals surface area contributed by atoms with Crippen molar-refractivity contribution in [2.24, 2.45) is 0 Å². The molecule has 1 aliphatic rings. The van der Waals surface area contributed by atoms with Crippen molar-refractivity contribution in [3.05, 3.63) is 65.2 Å². The number of benzene rings is 2. The van der Waals surface area contributed by atoms with Gasteiger partial charge in [-0.2, -0.15) is 0 Å². The van der Waals surface area contributed by atoms with Crippen molar-refractivity contribution < 1.29 is 8.78 Å². The fraction of sp³-hybridized carbons (Fsp3) is 0.294. The maximum Gasteiger partial charge on any atom is 0.128 e. The summed E-state index contributed by atoms with van der Waals surface area (Å²) in [7, 11) is 0. The number of halogens is 2. The van der Waals surface area contributed by atoms with Crippen LogP contribution in [0.5, 0.6) is 0 Å². The third-order valence-electron chi connectivity index (χ3n) is 3.84. The van der Waals surface area contributed by atoms with E-state index in [0.717, 1.165) is 24.8 Å². The number of fused-ring (bicyclic) bond motifs is 1. The SMILES string of the molecule is CC1CN(Cc2cc(F)ccc2F)c2ccccc2CN1. The molecule has 0 amide bonds. The average Bonchev–Trinajstić information content (AvgIpc) is 2.63. The Hall–Kier alpha value is -1.94. The highest BCUT2D eigenvalue weighted by atomic mass is 19.1. The lowest BCUT2D eigenvalue weighted by atomic mass is 10.1. The molecule has 1 heterocycles. The van der Waals surface area contributed by atoms with Crippen LogP contribution in [-0.4, -0.2) is 12.6 Å². The summed E-state index contributed by atoms with van der Waals surface area (Å²) in [5, 5.41) is 3.43. The molecule has 4 heteroatoms. The van der Waals surface area contributed by atoms with E-state index in [0.29, 0.717) is 12.1 Å². The van der Waals surface area contributed by atoms with Gasteiger partial charge in [0.2, 0.25) is 0 Å². The van der Waals surface area contributed by atoms with Crippen molar-refractivity contribution in [1.82, 2.24) is 5.32 Å². The van der Waals surface area contributed by atoms with Crippen LogP contribution in [0.2, 0.25) is 0 Å². The quantitative estimate of drug-likeness (QED) is 0.910. The first kappa shape index (κ1) is 14.0. The molecule has 0 bridgehead atoms. The fourth-order valence-corrected chi connectivity index (χ4v) is 2.77. The molecule has 1 atom stereocenters. The minimum atomic E-state index is -0.402. The zero-order valence-corrected chi connectivity index (χ0v) is 11.9. The Morgan fingerprint density at radius 2 is 2.00 bits per heavy atom. The molecule has 0 aromatic heterocycles. The predicted molar refractivity (Wildman–Crippen MR) is 80.2 cm³/mol. The standard InChI is InChI=1S/C17H18F2N2/c1-12-10-21(11-14-8-15(18)6-7-16(14)19)17-5-3-2-4-13(17)9-20-12/h2-8,12,20H,9-11H2,1H3. The van der Waals surface area contributed by atoms with Crippen molar-refractivity contribution in [1.29, 1.82) is 0 Å². The lowest BCUT2D eigenvalue weighted by Crippen LogP contribution is -2.35. The zero-order valence-electron chi connectivity index (χ0n) is 11.9. The summed E-state index contributed by atoms with van der Waals surface area (Å²) < 4.78 is 27.2. The molecule has 1 unspecified atom stereocenters. The van der Waals surface area contributed by atoms with Gasteiger partial charge in [0.15, 0.2) is 0 Å². The van der Waals surface area contributed by atoms with Gasteiger partial charge in [-0.25, -0.2) is 8.78 Å². The molecular formula is C17H18F2N2. The van der Waals surface area contributed by atoms with Gasteiger partial charge >= 0.3 is 0 Å². The molecule has 110 valence electrons. The van der Waals surface area contributed by atoms with Gasteiger partial charge in [-0.3, -0.25) is 0 Å². The van der Waals surface area contributed by atoms with Crippen LogP contribution < -0.4 is 10.2 Å². The third kappa shape index (κ3) is 3.05. The summed E-state index contributed by atoms with van der Waals surface area (Å²) >= 11 is 0. The van der Waals surface area contributed by atoms with Gasteiger partial charge in [0.25, 0.3) is 0 Å². The molecule has 0 fully saturated rings. The number of nitrogens with zero attached hydrogens (tertiary/aromatic N) is 1. The van der Waals surface area contributed by atoms with E-state index in [1.807, 2.05) is 18.2 Å². The lowest BCUT2D eigenvalue weighted by Gasteiger charge is -2.26. The molecule has 1 N–H and O–H groups in total. The molecule has 0 saturated heterocycles. The second-order valence-corrected chi connectivity index (χ2v) is 5.53. The van der Waals surface area contributed by atoms with Crippen molar-refractivity contribution in [2.75, 3.05) is 11.4 Å². The van der Waals surface area contributed by atoms with Gasteiger partial charge in [-0.05, 0) is 36.8 Å². The summed E-state index contributed by atoms with van der Waals surface area (Å²) in [4.78, 5) is 2.11. The van der Waals surface area contributed by atoms with E-state index in [-0.39, 0.29) is 11.9 Å². The van der Waals surface area contributed by atoms with Crippen LogP contribution in [0.15, 0.2) is 42.5 Å². The maximum atomic E-state index is 13.9. The Morgan fingerprint density at radius 1 is 1.19 bits per heavy atom. The summed E-state index contributed by atoms with van der Waals surface area (Å²) in [6.07, 6.45) is 0. The molecular weight excluding hydrogens is 270 g/mol. The molecule has 0 saturated carbocycles. The van der Waals surface area contributed by atoms with Gasteiger partial charge in [-0.1, -0.05) is 18.2 Å². The van der Waals surface area contributed by atoms with Crippen molar-refractivity contribution >= 4 is 5.69 Å². The lowest BCUT2D eigenvalue weighted by molar-refractivity contribution is 0.543. The Morgan fingerprint density at radius 3 is 2.86 bits per heavy atom. The average molecular weight is 288 g/mol. The largest absolute Gasteiger partial charge is 0.365 e. The fourth-order valence-electron chi connectivity index (χ4n) is 2.77. The summed E-state index contributed by atoms with van der Waals surface area (Å²) in [6.45, 7) is 4.01.